The Morgan fingerprint density at radius 2 is 0.688 bits per heavy atom. The SMILES string of the molecule is CC[Si@@](C)([Si](C)(C)C)[Si@](C)(CC)[Si](C)(C)C. The van der Waals surface area contributed by atoms with Crippen LogP contribution in [-0.4, -0.2) is 29.4 Å². The summed E-state index contributed by atoms with van der Waals surface area (Å²) in [6.07, 6.45) is 0. The summed E-state index contributed by atoms with van der Waals surface area (Å²) in [5.74, 6) is 0. The second kappa shape index (κ2) is 4.86. The molecule has 0 heterocycles. The third-order valence-corrected chi connectivity index (χ3v) is 74.9. The highest BCUT2D eigenvalue weighted by molar-refractivity contribution is 7.83. The second-order valence-electron chi connectivity index (χ2n) is 7.87. The van der Waals surface area contributed by atoms with Crippen LogP contribution < -0.4 is 0 Å². The summed E-state index contributed by atoms with van der Waals surface area (Å²) in [6.45, 7) is 26.5. The van der Waals surface area contributed by atoms with E-state index in [0.29, 0.717) is 0 Å². The van der Waals surface area contributed by atoms with E-state index in [1.54, 1.807) is 12.1 Å². The van der Waals surface area contributed by atoms with Crippen LogP contribution in [0.25, 0.3) is 0 Å². The lowest BCUT2D eigenvalue weighted by molar-refractivity contribution is 1.36. The lowest BCUT2D eigenvalue weighted by atomic mass is 11.0. The van der Waals surface area contributed by atoms with Crippen molar-refractivity contribution in [3.63, 3.8) is 0 Å². The van der Waals surface area contributed by atoms with Gasteiger partial charge in [-0.2, -0.15) is 0 Å². The topological polar surface area (TPSA) is 0 Å². The van der Waals surface area contributed by atoms with E-state index in [0.717, 1.165) is 0 Å². The molecule has 0 N–H and O–H groups in total. The maximum Gasteiger partial charge on any atom is 0.0364 e. The van der Waals surface area contributed by atoms with Crippen molar-refractivity contribution in [2.45, 2.75) is 78.3 Å². The van der Waals surface area contributed by atoms with Gasteiger partial charge in [0.25, 0.3) is 0 Å². The average Bonchev–Trinajstić information content (AvgIpc) is 2.11. The van der Waals surface area contributed by atoms with Crippen LogP contribution in [0, 0.1) is 0 Å². The van der Waals surface area contributed by atoms with Crippen LogP contribution >= 0.6 is 0 Å². The minimum Gasteiger partial charge on any atom is -0.0731 e. The van der Waals surface area contributed by atoms with E-state index in [9.17, 15) is 0 Å². The molecule has 16 heavy (non-hydrogen) atoms. The predicted molar refractivity (Wildman–Crippen MR) is 90.9 cm³/mol. The van der Waals surface area contributed by atoms with Crippen molar-refractivity contribution in [2.75, 3.05) is 0 Å². The van der Waals surface area contributed by atoms with Crippen molar-refractivity contribution in [2.24, 2.45) is 0 Å². The Balaban J connectivity index is 5.70. The molecule has 0 aliphatic carbocycles. The molecule has 0 aromatic rings. The zero-order valence-corrected chi connectivity index (χ0v) is 17.4. The Labute approximate surface area is 108 Å². The van der Waals surface area contributed by atoms with Crippen molar-refractivity contribution in [1.82, 2.24) is 0 Å². The lowest BCUT2D eigenvalue weighted by Crippen LogP contribution is -2.79. The third-order valence-electron chi connectivity index (χ3n) is 5.94. The molecule has 4 heteroatoms. The summed E-state index contributed by atoms with van der Waals surface area (Å²) < 4.78 is 0. The Kier molecular flexibility index (Phi) is 5.12. The van der Waals surface area contributed by atoms with Crippen LogP contribution in [-0.2, 0) is 0 Å². The highest BCUT2D eigenvalue weighted by atomic mass is 29.8. The van der Waals surface area contributed by atoms with Gasteiger partial charge in [0.2, 0.25) is 0 Å². The minimum atomic E-state index is -0.975. The summed E-state index contributed by atoms with van der Waals surface area (Å²) in [5.41, 5.74) is 0. The fourth-order valence-electron chi connectivity index (χ4n) is 3.50. The molecule has 0 aromatic heterocycles. The first-order chi connectivity index (χ1) is 6.87. The number of rotatable bonds is 5. The molecule has 0 fully saturated rings. The molecule has 0 spiro atoms. The van der Waals surface area contributed by atoms with E-state index in [2.05, 4.69) is 66.2 Å². The fraction of sp³-hybridized carbons (Fsp3) is 1.00. The smallest absolute Gasteiger partial charge is 0.0364 e. The molecule has 2 atom stereocenters. The Morgan fingerprint density at radius 3 is 0.750 bits per heavy atom. The largest absolute Gasteiger partial charge is 0.0731 e. The highest BCUT2D eigenvalue weighted by Crippen LogP contribution is 2.39. The first-order valence-corrected chi connectivity index (χ1v) is 22.3. The molecule has 0 radical (unpaired) electrons. The molecule has 0 unspecified atom stereocenters. The molecular weight excluding hydrogens is 256 g/mol. The molecule has 0 amide bonds. The van der Waals surface area contributed by atoms with Crippen molar-refractivity contribution in [3.05, 3.63) is 0 Å². The van der Waals surface area contributed by atoms with E-state index in [1.165, 1.54) is 0 Å². The first-order valence-electron chi connectivity index (χ1n) is 6.87. The monoisotopic (exact) mass is 290 g/mol. The van der Waals surface area contributed by atoms with Gasteiger partial charge >= 0.3 is 0 Å². The van der Waals surface area contributed by atoms with Gasteiger partial charge in [0, 0.05) is 29.4 Å². The molecule has 0 saturated heterocycles. The van der Waals surface area contributed by atoms with Gasteiger partial charge in [0.15, 0.2) is 0 Å². The molecule has 0 rings (SSSR count). The van der Waals surface area contributed by atoms with Gasteiger partial charge in [0.1, 0.15) is 0 Å². The molecule has 0 aliphatic heterocycles. The standard InChI is InChI=1S/C12H34Si4/c1-11-15(9,13(3,4)5)16(10,12-2)14(6,7)8/h11-12H2,1-10H3/t15-,16+. The van der Waals surface area contributed by atoms with Crippen LogP contribution in [0.5, 0.6) is 0 Å². The molecule has 0 aliphatic rings. The maximum absolute atomic E-state index is 2.78. The first kappa shape index (κ1) is 16.9. The summed E-state index contributed by atoms with van der Waals surface area (Å²) in [5, 5.41) is 0. The van der Waals surface area contributed by atoms with Gasteiger partial charge in [-0.1, -0.05) is 78.3 Å². The van der Waals surface area contributed by atoms with Gasteiger partial charge in [0.05, 0.1) is 0 Å². The van der Waals surface area contributed by atoms with E-state index in [1.807, 2.05) is 0 Å². The van der Waals surface area contributed by atoms with Gasteiger partial charge < -0.3 is 0 Å². The Morgan fingerprint density at radius 1 is 0.500 bits per heavy atom. The normalized spacial score (nSPS) is 21.4. The predicted octanol–water partition coefficient (Wildman–Crippen LogP) is 5.10. The molecule has 0 bridgehead atoms. The van der Waals surface area contributed by atoms with Crippen molar-refractivity contribution in [3.8, 4) is 0 Å². The zero-order chi connectivity index (χ0) is 13.4. The lowest BCUT2D eigenvalue weighted by Gasteiger charge is -2.56. The Bertz CT molecular complexity index is 212. The third kappa shape index (κ3) is 2.49. The zero-order valence-electron chi connectivity index (χ0n) is 13.4. The maximum atomic E-state index is 2.78. The van der Waals surface area contributed by atoms with Gasteiger partial charge in [-0.3, -0.25) is 0 Å². The summed E-state index contributed by atoms with van der Waals surface area (Å²) in [4.78, 5) is 0. The van der Waals surface area contributed by atoms with Gasteiger partial charge in [-0.25, -0.2) is 0 Å². The van der Waals surface area contributed by atoms with Crippen LogP contribution in [0.15, 0.2) is 0 Å². The second-order valence-corrected chi connectivity index (χ2v) is 48.9. The van der Waals surface area contributed by atoms with E-state index < -0.39 is 29.4 Å². The molecule has 98 valence electrons. The quantitative estimate of drug-likeness (QED) is 0.618. The van der Waals surface area contributed by atoms with Crippen molar-refractivity contribution >= 4 is 29.4 Å². The minimum absolute atomic E-state index is 0.942. The van der Waals surface area contributed by atoms with Crippen molar-refractivity contribution < 1.29 is 0 Å². The fourth-order valence-corrected chi connectivity index (χ4v) is 84.7. The van der Waals surface area contributed by atoms with Crippen LogP contribution in [0.1, 0.15) is 13.8 Å². The molecule has 0 aromatic carbocycles. The molecule has 0 nitrogen and oxygen atoms in total. The Hall–Kier alpha value is 0.868. The van der Waals surface area contributed by atoms with E-state index in [-0.39, 0.29) is 0 Å². The van der Waals surface area contributed by atoms with Crippen LogP contribution in [0.4, 0.5) is 0 Å². The highest BCUT2D eigenvalue weighted by Gasteiger charge is 2.58. The molecular formula is C12H34Si4. The van der Waals surface area contributed by atoms with E-state index in [4.69, 9.17) is 0 Å². The number of hydrogen-bond donors (Lipinski definition) is 0. The summed E-state index contributed by atoms with van der Waals surface area (Å²) >= 11 is 0. The summed E-state index contributed by atoms with van der Waals surface area (Å²) in [6, 6.07) is 3.09. The summed E-state index contributed by atoms with van der Waals surface area (Å²) in [7, 11) is -3.83. The number of hydrogen-bond acceptors (Lipinski definition) is 0. The van der Waals surface area contributed by atoms with Crippen LogP contribution in [0.2, 0.25) is 64.5 Å². The average molecular weight is 291 g/mol. The van der Waals surface area contributed by atoms with Crippen LogP contribution in [0.3, 0.4) is 0 Å². The van der Waals surface area contributed by atoms with Crippen molar-refractivity contribution in [1.29, 1.82) is 0 Å². The van der Waals surface area contributed by atoms with Gasteiger partial charge in [-0.05, 0) is 0 Å². The van der Waals surface area contributed by atoms with E-state index >= 15 is 0 Å². The molecule has 0 saturated carbocycles. The van der Waals surface area contributed by atoms with Gasteiger partial charge in [-0.15, -0.1) is 0 Å².